The second kappa shape index (κ2) is 9.65. The molecule has 136 valence electrons. The van der Waals surface area contributed by atoms with Crippen LogP contribution in [0.2, 0.25) is 0 Å². The molecule has 1 N–H and O–H groups in total. The Morgan fingerprint density at radius 3 is 2.48 bits per heavy atom. The number of carbonyl (C=O) groups is 1. The minimum absolute atomic E-state index is 0.130. The smallest absolute Gasteiger partial charge is 0.335 e. The summed E-state index contributed by atoms with van der Waals surface area (Å²) in [6, 6.07) is 11.9. The largest absolute Gasteiger partial charge is 0.490 e. The van der Waals surface area contributed by atoms with Crippen molar-refractivity contribution in [1.82, 2.24) is 0 Å². The molecule has 0 amide bonds. The lowest BCUT2D eigenvalue weighted by Crippen LogP contribution is -2.01. The molecule has 0 aliphatic rings. The van der Waals surface area contributed by atoms with Crippen molar-refractivity contribution in [3.63, 3.8) is 0 Å². The van der Waals surface area contributed by atoms with E-state index in [0.717, 1.165) is 9.13 Å². The molecular weight excluding hydrogens is 457 g/mol. The van der Waals surface area contributed by atoms with Gasteiger partial charge in [0.15, 0.2) is 11.5 Å². The number of allylic oxidation sites excluding steroid dienone is 1. The topological polar surface area (TPSA) is 79.5 Å². The highest BCUT2D eigenvalue weighted by Gasteiger charge is 2.12. The summed E-state index contributed by atoms with van der Waals surface area (Å²) in [4.78, 5) is 11.0. The third kappa shape index (κ3) is 5.25. The molecule has 0 spiro atoms. The van der Waals surface area contributed by atoms with Crippen LogP contribution in [0, 0.1) is 27.2 Å². The van der Waals surface area contributed by atoms with Crippen LogP contribution in [-0.4, -0.2) is 24.3 Å². The Hall–Kier alpha value is -2.97. The normalized spacial score (nSPS) is 10.6. The van der Waals surface area contributed by atoms with Gasteiger partial charge in [0.1, 0.15) is 6.61 Å². The minimum atomic E-state index is -1.01. The summed E-state index contributed by atoms with van der Waals surface area (Å²) in [5.74, 6) is 2.53. The summed E-state index contributed by atoms with van der Waals surface area (Å²) in [5.41, 5.74) is 1.96. The average Bonchev–Trinajstić information content (AvgIpc) is 2.66. The molecule has 0 bridgehead atoms. The fourth-order valence-electron chi connectivity index (χ4n) is 2.33. The maximum Gasteiger partial charge on any atom is 0.335 e. The number of hydrogen-bond acceptors (Lipinski definition) is 4. The van der Waals surface area contributed by atoms with E-state index in [0.29, 0.717) is 29.2 Å². The Morgan fingerprint density at radius 2 is 1.93 bits per heavy atom. The molecule has 0 aliphatic carbocycles. The van der Waals surface area contributed by atoms with Gasteiger partial charge in [-0.15, -0.1) is 6.42 Å². The van der Waals surface area contributed by atoms with Gasteiger partial charge in [-0.2, -0.15) is 5.26 Å². The first-order valence-electron chi connectivity index (χ1n) is 7.98. The van der Waals surface area contributed by atoms with Crippen molar-refractivity contribution in [1.29, 1.82) is 5.26 Å². The maximum absolute atomic E-state index is 11.0. The Kier molecular flexibility index (Phi) is 7.27. The summed E-state index contributed by atoms with van der Waals surface area (Å²) in [7, 11) is 0. The minimum Gasteiger partial charge on any atom is -0.490 e. The summed E-state index contributed by atoms with van der Waals surface area (Å²) in [6.07, 6.45) is 6.97. The van der Waals surface area contributed by atoms with Crippen LogP contribution >= 0.6 is 22.6 Å². The zero-order valence-electron chi connectivity index (χ0n) is 14.5. The lowest BCUT2D eigenvalue weighted by molar-refractivity contribution is 0.0697. The van der Waals surface area contributed by atoms with Gasteiger partial charge in [0.05, 0.1) is 27.4 Å². The SMILES string of the molecule is C#CCOc1c(I)cc(/C=C(/C#N)c2ccc(C(=O)O)cc2)cc1OCC. The number of rotatable bonds is 7. The predicted molar refractivity (Wildman–Crippen MR) is 112 cm³/mol. The third-order valence-corrected chi connectivity index (χ3v) is 4.31. The average molecular weight is 473 g/mol. The van der Waals surface area contributed by atoms with Crippen LogP contribution in [0.1, 0.15) is 28.4 Å². The molecule has 27 heavy (non-hydrogen) atoms. The second-order valence-corrected chi connectivity index (χ2v) is 6.47. The van der Waals surface area contributed by atoms with Crippen molar-refractivity contribution < 1.29 is 19.4 Å². The highest BCUT2D eigenvalue weighted by Crippen LogP contribution is 2.35. The Balaban J connectivity index is 2.44. The van der Waals surface area contributed by atoms with Gasteiger partial charge >= 0.3 is 5.97 Å². The molecule has 6 heteroatoms. The van der Waals surface area contributed by atoms with Gasteiger partial charge in [-0.1, -0.05) is 18.1 Å². The second-order valence-electron chi connectivity index (χ2n) is 5.31. The van der Waals surface area contributed by atoms with Crippen LogP contribution in [0.15, 0.2) is 36.4 Å². The van der Waals surface area contributed by atoms with Gasteiger partial charge in [0.25, 0.3) is 0 Å². The summed E-state index contributed by atoms with van der Waals surface area (Å²) in [5, 5.41) is 18.5. The Bertz CT molecular complexity index is 950. The zero-order chi connectivity index (χ0) is 19.8. The van der Waals surface area contributed by atoms with Gasteiger partial charge in [0, 0.05) is 0 Å². The molecule has 0 aliphatic heterocycles. The number of nitrogens with zero attached hydrogens (tertiary/aromatic N) is 1. The van der Waals surface area contributed by atoms with E-state index in [2.05, 4.69) is 34.6 Å². The number of carboxylic acid groups (broad SMARTS) is 1. The van der Waals surface area contributed by atoms with E-state index in [-0.39, 0.29) is 12.2 Å². The monoisotopic (exact) mass is 473 g/mol. The van der Waals surface area contributed by atoms with Crippen molar-refractivity contribution in [2.75, 3.05) is 13.2 Å². The zero-order valence-corrected chi connectivity index (χ0v) is 16.7. The first-order valence-corrected chi connectivity index (χ1v) is 9.06. The molecular formula is C21H16INO4. The van der Waals surface area contributed by atoms with Gasteiger partial charge in [-0.3, -0.25) is 0 Å². The highest BCUT2D eigenvalue weighted by atomic mass is 127. The summed E-state index contributed by atoms with van der Waals surface area (Å²) < 4.78 is 12.0. The Labute approximate surface area is 171 Å². The number of aromatic carboxylic acids is 1. The van der Waals surface area contributed by atoms with Crippen molar-refractivity contribution in [3.05, 3.63) is 56.7 Å². The predicted octanol–water partition coefficient (Wildman–Crippen LogP) is 4.46. The number of terminal acetylenes is 1. The number of hydrogen-bond donors (Lipinski definition) is 1. The fraction of sp³-hybridized carbons (Fsp3) is 0.143. The number of ether oxygens (including phenoxy) is 2. The van der Waals surface area contributed by atoms with Crippen LogP contribution in [0.3, 0.4) is 0 Å². The van der Waals surface area contributed by atoms with Crippen LogP contribution in [0.4, 0.5) is 0 Å². The first kappa shape index (κ1) is 20.3. The summed E-state index contributed by atoms with van der Waals surface area (Å²) in [6.45, 7) is 2.45. The lowest BCUT2D eigenvalue weighted by Gasteiger charge is -2.13. The quantitative estimate of drug-likeness (QED) is 0.278. The Morgan fingerprint density at radius 1 is 1.26 bits per heavy atom. The van der Waals surface area contributed by atoms with E-state index in [1.54, 1.807) is 24.3 Å². The van der Waals surface area contributed by atoms with Gasteiger partial charge in [-0.05, 0) is 71.0 Å². The van der Waals surface area contributed by atoms with E-state index >= 15 is 0 Å². The van der Waals surface area contributed by atoms with Gasteiger partial charge in [-0.25, -0.2) is 4.79 Å². The number of nitriles is 1. The molecule has 2 aromatic carbocycles. The van der Waals surface area contributed by atoms with Crippen LogP contribution < -0.4 is 9.47 Å². The van der Waals surface area contributed by atoms with Gasteiger partial charge in [0.2, 0.25) is 0 Å². The molecule has 2 aromatic rings. The molecule has 5 nitrogen and oxygen atoms in total. The van der Waals surface area contributed by atoms with E-state index in [1.165, 1.54) is 12.1 Å². The number of halogens is 1. The van der Waals surface area contributed by atoms with E-state index in [1.807, 2.05) is 13.0 Å². The lowest BCUT2D eigenvalue weighted by atomic mass is 10.0. The third-order valence-electron chi connectivity index (χ3n) is 3.51. The molecule has 2 rings (SSSR count). The molecule has 0 aromatic heterocycles. The first-order chi connectivity index (χ1) is 13.0. The van der Waals surface area contributed by atoms with Crippen LogP contribution in [0.5, 0.6) is 11.5 Å². The number of benzene rings is 2. The molecule has 0 saturated carbocycles. The number of carboxylic acids is 1. The summed E-state index contributed by atoms with van der Waals surface area (Å²) >= 11 is 2.13. The van der Waals surface area contributed by atoms with Gasteiger partial charge < -0.3 is 14.6 Å². The molecule has 0 atom stereocenters. The standard InChI is InChI=1S/C21H16INO4/c1-3-9-27-20-18(22)11-14(12-19(20)26-4-2)10-17(13-23)15-5-7-16(8-6-15)21(24)25/h1,5-8,10-12H,4,9H2,2H3,(H,24,25)/b17-10-. The fourth-order valence-corrected chi connectivity index (χ4v) is 3.11. The molecule has 0 radical (unpaired) electrons. The van der Waals surface area contributed by atoms with Crippen LogP contribution in [0.25, 0.3) is 11.6 Å². The molecule has 0 saturated heterocycles. The highest BCUT2D eigenvalue weighted by molar-refractivity contribution is 14.1. The van der Waals surface area contributed by atoms with E-state index < -0.39 is 5.97 Å². The van der Waals surface area contributed by atoms with Crippen molar-refractivity contribution in [3.8, 4) is 29.9 Å². The van der Waals surface area contributed by atoms with E-state index in [9.17, 15) is 10.1 Å². The molecule has 0 fully saturated rings. The van der Waals surface area contributed by atoms with Crippen molar-refractivity contribution >= 4 is 40.2 Å². The van der Waals surface area contributed by atoms with Crippen molar-refractivity contribution in [2.24, 2.45) is 0 Å². The maximum atomic E-state index is 11.0. The van der Waals surface area contributed by atoms with Crippen LogP contribution in [-0.2, 0) is 0 Å². The molecule has 0 unspecified atom stereocenters. The van der Waals surface area contributed by atoms with E-state index in [4.69, 9.17) is 21.0 Å². The molecule has 0 heterocycles. The van der Waals surface area contributed by atoms with Crippen molar-refractivity contribution in [2.45, 2.75) is 6.92 Å².